The minimum absolute atomic E-state index is 0.0360. The molecule has 2 unspecified atom stereocenters. The van der Waals surface area contributed by atoms with Crippen LogP contribution < -0.4 is 15.0 Å². The molecule has 0 radical (unpaired) electrons. The van der Waals surface area contributed by atoms with Gasteiger partial charge in [-0.25, -0.2) is 0 Å². The molecule has 4 aromatic rings. The summed E-state index contributed by atoms with van der Waals surface area (Å²) >= 11 is 1.57. The Morgan fingerprint density at radius 2 is 1.76 bits per heavy atom. The minimum Gasteiger partial charge on any atom is -0.497 e. The van der Waals surface area contributed by atoms with Crippen LogP contribution in [-0.4, -0.2) is 18.8 Å². The number of ether oxygens (including phenoxy) is 1. The van der Waals surface area contributed by atoms with Crippen LogP contribution in [0.5, 0.6) is 5.75 Å². The van der Waals surface area contributed by atoms with Gasteiger partial charge in [0.05, 0.1) is 18.5 Å². The molecular weight excluding hydrogens is 492 g/mol. The lowest BCUT2D eigenvalue weighted by Crippen LogP contribution is -2.38. The number of nitrogens with zero attached hydrogens (tertiary/aromatic N) is 1. The molecule has 3 aromatic carbocycles. The number of nitrogens with one attached hydrogen (secondary N) is 1. The molecule has 2 heterocycles. The van der Waals surface area contributed by atoms with Crippen molar-refractivity contribution in [1.82, 2.24) is 0 Å². The molecule has 0 saturated carbocycles. The highest BCUT2D eigenvalue weighted by atomic mass is 32.1. The molecule has 190 valence electrons. The quantitative estimate of drug-likeness (QED) is 0.307. The smallest absolute Gasteiger partial charge is 0.259 e. The first-order valence-corrected chi connectivity index (χ1v) is 13.6. The molecule has 1 amide bonds. The number of thiophene rings is 1. The van der Waals surface area contributed by atoms with E-state index in [-0.39, 0.29) is 17.6 Å². The van der Waals surface area contributed by atoms with Crippen LogP contribution in [0.2, 0.25) is 0 Å². The Morgan fingerprint density at radius 1 is 0.974 bits per heavy atom. The Balaban J connectivity index is 1.52. The second-order valence-electron chi connectivity index (χ2n) is 9.80. The van der Waals surface area contributed by atoms with E-state index < -0.39 is 6.04 Å². The van der Waals surface area contributed by atoms with Gasteiger partial charge in [0.2, 0.25) is 0 Å². The number of ketones is 1. The molecule has 5 nitrogen and oxygen atoms in total. The summed E-state index contributed by atoms with van der Waals surface area (Å²) in [5.74, 6) is 0.763. The SMILES string of the molecule is COc1ccc(C2CC(=O)C3=C(C2)Nc2ccc(C)cc2N(C(=O)c2ccccc2)C3c2cccs2)cc1. The monoisotopic (exact) mass is 520 g/mol. The van der Waals surface area contributed by atoms with Crippen molar-refractivity contribution >= 4 is 34.4 Å². The maximum Gasteiger partial charge on any atom is 0.259 e. The molecule has 0 fully saturated rings. The van der Waals surface area contributed by atoms with Gasteiger partial charge in [-0.2, -0.15) is 0 Å². The predicted octanol–water partition coefficient (Wildman–Crippen LogP) is 7.28. The van der Waals surface area contributed by atoms with Gasteiger partial charge in [-0.3, -0.25) is 14.5 Å². The van der Waals surface area contributed by atoms with Crippen LogP contribution in [0.4, 0.5) is 11.4 Å². The van der Waals surface area contributed by atoms with Crippen molar-refractivity contribution in [2.24, 2.45) is 0 Å². The Hall–Kier alpha value is -4.16. The number of hydrogen-bond donors (Lipinski definition) is 1. The van der Waals surface area contributed by atoms with Gasteiger partial charge in [0.15, 0.2) is 5.78 Å². The Morgan fingerprint density at radius 3 is 2.47 bits per heavy atom. The van der Waals surface area contributed by atoms with Gasteiger partial charge in [-0.1, -0.05) is 42.5 Å². The molecule has 1 aromatic heterocycles. The summed E-state index contributed by atoms with van der Waals surface area (Å²) < 4.78 is 5.33. The number of hydrogen-bond acceptors (Lipinski definition) is 5. The molecule has 0 saturated heterocycles. The third-order valence-electron chi connectivity index (χ3n) is 7.38. The van der Waals surface area contributed by atoms with Gasteiger partial charge in [0.25, 0.3) is 5.91 Å². The number of amides is 1. The number of aryl methyl sites for hydroxylation is 1. The van der Waals surface area contributed by atoms with Crippen molar-refractivity contribution in [1.29, 1.82) is 0 Å². The van der Waals surface area contributed by atoms with E-state index in [1.165, 1.54) is 0 Å². The van der Waals surface area contributed by atoms with E-state index in [1.54, 1.807) is 18.4 Å². The highest BCUT2D eigenvalue weighted by Crippen LogP contribution is 2.49. The lowest BCUT2D eigenvalue weighted by atomic mass is 9.79. The average Bonchev–Trinajstić information content (AvgIpc) is 3.43. The Kier molecular flexibility index (Phi) is 6.34. The number of allylic oxidation sites excluding steroid dienone is 1. The van der Waals surface area contributed by atoms with E-state index in [4.69, 9.17) is 4.74 Å². The molecule has 6 heteroatoms. The van der Waals surface area contributed by atoms with E-state index in [0.717, 1.165) is 38.8 Å². The van der Waals surface area contributed by atoms with Crippen molar-refractivity contribution in [3.63, 3.8) is 0 Å². The van der Waals surface area contributed by atoms with Crippen molar-refractivity contribution in [3.8, 4) is 5.75 Å². The lowest BCUT2D eigenvalue weighted by Gasteiger charge is -2.34. The number of carbonyl (C=O) groups excluding carboxylic acids is 2. The molecule has 1 aliphatic heterocycles. The molecule has 0 bridgehead atoms. The van der Waals surface area contributed by atoms with Crippen LogP contribution in [-0.2, 0) is 4.79 Å². The molecule has 1 N–H and O–H groups in total. The molecule has 1 aliphatic carbocycles. The van der Waals surface area contributed by atoms with Gasteiger partial charge in [-0.15, -0.1) is 11.3 Å². The van der Waals surface area contributed by atoms with E-state index in [9.17, 15) is 9.59 Å². The maximum atomic E-state index is 14.2. The summed E-state index contributed by atoms with van der Waals surface area (Å²) in [6, 6.07) is 26.8. The molecule has 2 atom stereocenters. The minimum atomic E-state index is -0.516. The zero-order chi connectivity index (χ0) is 26.2. The molecule has 0 spiro atoms. The highest BCUT2D eigenvalue weighted by molar-refractivity contribution is 7.10. The summed E-state index contributed by atoms with van der Waals surface area (Å²) in [5.41, 5.74) is 5.90. The normalized spacial score (nSPS) is 18.8. The van der Waals surface area contributed by atoms with Crippen LogP contribution in [0.3, 0.4) is 0 Å². The fourth-order valence-electron chi connectivity index (χ4n) is 5.52. The number of fused-ring (bicyclic) bond motifs is 1. The summed E-state index contributed by atoms with van der Waals surface area (Å²) in [5, 5.41) is 5.62. The Labute approximate surface area is 226 Å². The first kappa shape index (κ1) is 24.2. The molecule has 2 aliphatic rings. The highest BCUT2D eigenvalue weighted by Gasteiger charge is 2.42. The summed E-state index contributed by atoms with van der Waals surface area (Å²) in [6.45, 7) is 2.02. The summed E-state index contributed by atoms with van der Waals surface area (Å²) in [6.07, 6.45) is 1.06. The first-order valence-electron chi connectivity index (χ1n) is 12.7. The first-order chi connectivity index (χ1) is 18.5. The molecule has 6 rings (SSSR count). The third-order valence-corrected chi connectivity index (χ3v) is 8.30. The number of anilines is 2. The fourth-order valence-corrected chi connectivity index (χ4v) is 6.34. The van der Waals surface area contributed by atoms with Crippen LogP contribution in [0.1, 0.15) is 51.2 Å². The number of methoxy groups -OCH3 is 1. The summed E-state index contributed by atoms with van der Waals surface area (Å²) in [7, 11) is 1.65. The van der Waals surface area contributed by atoms with Crippen molar-refractivity contribution < 1.29 is 14.3 Å². The number of Topliss-reactive ketones (excluding diaryl/α,β-unsaturated/α-hetero) is 1. The fraction of sp³-hybridized carbons (Fsp3) is 0.188. The summed E-state index contributed by atoms with van der Waals surface area (Å²) in [4.78, 5) is 31.1. The maximum absolute atomic E-state index is 14.2. The van der Waals surface area contributed by atoms with Crippen molar-refractivity contribution in [3.05, 3.63) is 123 Å². The lowest BCUT2D eigenvalue weighted by molar-refractivity contribution is -0.116. The zero-order valence-corrected chi connectivity index (χ0v) is 22.1. The molecular formula is C32H28N2O3S. The second-order valence-corrected chi connectivity index (χ2v) is 10.8. The van der Waals surface area contributed by atoms with Crippen LogP contribution >= 0.6 is 11.3 Å². The topological polar surface area (TPSA) is 58.6 Å². The number of carbonyl (C=O) groups is 2. The second kappa shape index (κ2) is 9.95. The van der Waals surface area contributed by atoms with Crippen LogP contribution in [0, 0.1) is 6.92 Å². The van der Waals surface area contributed by atoms with Gasteiger partial charge < -0.3 is 10.1 Å². The van der Waals surface area contributed by atoms with E-state index in [2.05, 4.69) is 5.32 Å². The Bertz CT molecular complexity index is 1520. The third kappa shape index (κ3) is 4.31. The number of rotatable bonds is 4. The van der Waals surface area contributed by atoms with E-state index in [0.29, 0.717) is 24.0 Å². The molecule has 38 heavy (non-hydrogen) atoms. The van der Waals surface area contributed by atoms with Gasteiger partial charge in [-0.05, 0) is 78.2 Å². The standard InChI is InChI=1S/C32H28N2O3S/c1-20-10-15-25-27(17-20)34(32(36)22-7-4-3-5-8-22)31(29-9-6-16-38-29)30-26(33-25)18-23(19-28(30)35)21-11-13-24(37-2)14-12-21/h3-17,23,31,33H,18-19H2,1-2H3. The van der Waals surface area contributed by atoms with Crippen LogP contribution in [0.15, 0.2) is 102 Å². The largest absolute Gasteiger partial charge is 0.497 e. The van der Waals surface area contributed by atoms with Gasteiger partial charge in [0, 0.05) is 28.1 Å². The number of benzene rings is 3. The average molecular weight is 521 g/mol. The van der Waals surface area contributed by atoms with E-state index in [1.807, 2.05) is 102 Å². The van der Waals surface area contributed by atoms with Crippen molar-refractivity contribution in [2.75, 3.05) is 17.3 Å². The predicted molar refractivity (Wildman–Crippen MR) is 152 cm³/mol. The van der Waals surface area contributed by atoms with Crippen LogP contribution in [0.25, 0.3) is 0 Å². The van der Waals surface area contributed by atoms with Gasteiger partial charge >= 0.3 is 0 Å². The van der Waals surface area contributed by atoms with E-state index >= 15 is 0 Å². The van der Waals surface area contributed by atoms with Crippen molar-refractivity contribution in [2.45, 2.75) is 31.7 Å². The van der Waals surface area contributed by atoms with Gasteiger partial charge in [0.1, 0.15) is 11.8 Å². The zero-order valence-electron chi connectivity index (χ0n) is 21.3.